The molecule has 0 N–H and O–H groups in total. The summed E-state index contributed by atoms with van der Waals surface area (Å²) >= 11 is 0. The molecule has 2 fully saturated rings. The van der Waals surface area contributed by atoms with Crippen LogP contribution in [0, 0.1) is 10.8 Å². The molecule has 4 heteroatoms. The zero-order valence-electron chi connectivity index (χ0n) is 13.4. The summed E-state index contributed by atoms with van der Waals surface area (Å²) in [5.41, 5.74) is -0.290. The highest BCUT2D eigenvalue weighted by atomic mass is 16.6. The zero-order valence-corrected chi connectivity index (χ0v) is 13.4. The number of carbonyl (C=O) groups excluding carboxylic acids is 2. The predicted octanol–water partition coefficient (Wildman–Crippen LogP) is 3.19. The van der Waals surface area contributed by atoms with E-state index >= 15 is 0 Å². The Morgan fingerprint density at radius 2 is 1.75 bits per heavy atom. The van der Waals surface area contributed by atoms with Crippen molar-refractivity contribution in [3.05, 3.63) is 71.8 Å². The molecule has 0 radical (unpaired) electrons. The molecule has 0 amide bonds. The van der Waals surface area contributed by atoms with Crippen molar-refractivity contribution in [1.29, 1.82) is 0 Å². The first kappa shape index (κ1) is 15.1. The van der Waals surface area contributed by atoms with Gasteiger partial charge in [0, 0.05) is 12.7 Å². The lowest BCUT2D eigenvalue weighted by Crippen LogP contribution is -2.29. The van der Waals surface area contributed by atoms with Gasteiger partial charge in [-0.25, -0.2) is 0 Å². The summed E-state index contributed by atoms with van der Waals surface area (Å²) in [4.78, 5) is 25.8. The number of esters is 1. The third kappa shape index (κ3) is 1.83. The van der Waals surface area contributed by atoms with Crippen LogP contribution in [-0.2, 0) is 14.3 Å². The Bertz CT molecular complexity index is 786. The van der Waals surface area contributed by atoms with Crippen molar-refractivity contribution >= 4 is 11.8 Å². The second kappa shape index (κ2) is 5.28. The normalized spacial score (nSPS) is 30.5. The molecule has 1 aliphatic heterocycles. The summed E-state index contributed by atoms with van der Waals surface area (Å²) in [5.74, 6) is -0.592. The van der Waals surface area contributed by atoms with E-state index in [2.05, 4.69) is 0 Å². The summed E-state index contributed by atoms with van der Waals surface area (Å²) < 4.78 is 11.1. The monoisotopic (exact) mass is 322 g/mol. The van der Waals surface area contributed by atoms with Crippen molar-refractivity contribution in [2.24, 2.45) is 10.8 Å². The van der Waals surface area contributed by atoms with Crippen LogP contribution in [0.1, 0.15) is 28.4 Å². The van der Waals surface area contributed by atoms with Crippen LogP contribution in [0.5, 0.6) is 0 Å². The highest BCUT2D eigenvalue weighted by Gasteiger charge is 2.84. The van der Waals surface area contributed by atoms with Gasteiger partial charge in [0.25, 0.3) is 0 Å². The lowest BCUT2D eigenvalue weighted by Gasteiger charge is -2.21. The van der Waals surface area contributed by atoms with Gasteiger partial charge in [0.05, 0.1) is 12.0 Å². The average Bonchev–Trinajstić information content (AvgIpc) is 3.24. The molecule has 1 heterocycles. The van der Waals surface area contributed by atoms with Crippen molar-refractivity contribution in [2.75, 3.05) is 13.7 Å². The van der Waals surface area contributed by atoms with Crippen LogP contribution in [0.4, 0.5) is 0 Å². The fourth-order valence-corrected chi connectivity index (χ4v) is 4.10. The maximum Gasteiger partial charge on any atom is 0.321 e. The Labute approximate surface area is 140 Å². The third-order valence-electron chi connectivity index (χ3n) is 5.31. The van der Waals surface area contributed by atoms with Crippen LogP contribution in [0.3, 0.4) is 0 Å². The van der Waals surface area contributed by atoms with Gasteiger partial charge in [-0.05, 0) is 12.0 Å². The number of fused-ring (bicyclic) bond motifs is 1. The van der Waals surface area contributed by atoms with Crippen LogP contribution >= 0.6 is 0 Å². The molecule has 3 atom stereocenters. The molecule has 122 valence electrons. The number of hydrogen-bond donors (Lipinski definition) is 0. The molecule has 0 bridgehead atoms. The van der Waals surface area contributed by atoms with E-state index < -0.39 is 22.9 Å². The van der Waals surface area contributed by atoms with Crippen LogP contribution in [0.25, 0.3) is 0 Å². The maximum atomic E-state index is 13.1. The molecule has 4 rings (SSSR count). The van der Waals surface area contributed by atoms with Gasteiger partial charge < -0.3 is 9.47 Å². The number of rotatable bonds is 5. The smallest absolute Gasteiger partial charge is 0.321 e. The molecule has 2 aromatic rings. The number of carbonyl (C=O) groups is 2. The summed E-state index contributed by atoms with van der Waals surface area (Å²) in [6, 6.07) is 18.5. The van der Waals surface area contributed by atoms with E-state index in [0.717, 1.165) is 5.56 Å². The van der Waals surface area contributed by atoms with Crippen molar-refractivity contribution in [1.82, 2.24) is 0 Å². The maximum absolute atomic E-state index is 13.1. The first-order valence-electron chi connectivity index (χ1n) is 8.00. The number of ketones is 1. The Morgan fingerprint density at radius 3 is 2.38 bits per heavy atom. The van der Waals surface area contributed by atoms with Crippen LogP contribution in [0.15, 0.2) is 60.7 Å². The highest BCUT2D eigenvalue weighted by molar-refractivity contribution is 6.17. The van der Waals surface area contributed by atoms with Crippen molar-refractivity contribution in [2.45, 2.75) is 12.5 Å². The fourth-order valence-electron chi connectivity index (χ4n) is 4.10. The minimum absolute atomic E-state index is 0.163. The minimum Gasteiger partial charge on any atom is -0.456 e. The SMILES string of the molecule is COC[C@]12C[C@]1(C(=O)c1ccccc1)C(=O)O[C@@H]2c1ccccc1. The predicted molar refractivity (Wildman–Crippen MR) is 87.4 cm³/mol. The molecule has 2 aliphatic rings. The molecule has 0 unspecified atom stereocenters. The molecular formula is C20H18O4. The quantitative estimate of drug-likeness (QED) is 0.482. The molecule has 2 aromatic carbocycles. The Hall–Kier alpha value is -2.46. The molecule has 0 aromatic heterocycles. The summed E-state index contributed by atoms with van der Waals surface area (Å²) in [5, 5.41) is 0. The van der Waals surface area contributed by atoms with Gasteiger partial charge in [0.1, 0.15) is 11.5 Å². The molecule has 24 heavy (non-hydrogen) atoms. The van der Waals surface area contributed by atoms with Gasteiger partial charge in [-0.1, -0.05) is 60.7 Å². The Morgan fingerprint density at radius 1 is 1.12 bits per heavy atom. The van der Waals surface area contributed by atoms with E-state index in [-0.39, 0.29) is 5.78 Å². The average molecular weight is 322 g/mol. The zero-order chi connectivity index (χ0) is 16.8. The fraction of sp³-hybridized carbons (Fsp3) is 0.300. The number of hydrogen-bond acceptors (Lipinski definition) is 4. The largest absolute Gasteiger partial charge is 0.456 e. The Balaban J connectivity index is 1.77. The second-order valence-corrected chi connectivity index (χ2v) is 6.56. The van der Waals surface area contributed by atoms with E-state index in [1.807, 2.05) is 36.4 Å². The number of Topliss-reactive ketones (excluding diaryl/α,β-unsaturated/α-hetero) is 1. The highest BCUT2D eigenvalue weighted by Crippen LogP contribution is 2.76. The van der Waals surface area contributed by atoms with E-state index in [0.29, 0.717) is 18.6 Å². The van der Waals surface area contributed by atoms with E-state index in [1.165, 1.54) is 0 Å². The molecule has 1 aliphatic carbocycles. The van der Waals surface area contributed by atoms with Gasteiger partial charge in [0.15, 0.2) is 5.78 Å². The first-order valence-corrected chi connectivity index (χ1v) is 8.00. The van der Waals surface area contributed by atoms with Gasteiger partial charge in [-0.2, -0.15) is 0 Å². The molecular weight excluding hydrogens is 304 g/mol. The number of methoxy groups -OCH3 is 1. The van der Waals surface area contributed by atoms with E-state index in [1.54, 1.807) is 31.4 Å². The minimum atomic E-state index is -1.12. The molecule has 4 nitrogen and oxygen atoms in total. The summed E-state index contributed by atoms with van der Waals surface area (Å²) in [6.45, 7) is 0.316. The first-order chi connectivity index (χ1) is 11.7. The van der Waals surface area contributed by atoms with Crippen molar-refractivity contribution in [3.8, 4) is 0 Å². The standard InChI is InChI=1S/C20H18O4/c1-23-13-19-12-20(19,16(21)14-8-4-2-5-9-14)18(22)24-17(19)15-10-6-3-7-11-15/h2-11,17H,12-13H2,1H3/t17-,19+,20+/m1/s1. The van der Waals surface area contributed by atoms with Gasteiger partial charge in [-0.15, -0.1) is 0 Å². The lowest BCUT2D eigenvalue weighted by molar-refractivity contribution is -0.148. The third-order valence-corrected chi connectivity index (χ3v) is 5.31. The van der Waals surface area contributed by atoms with Crippen molar-refractivity contribution < 1.29 is 19.1 Å². The Kier molecular flexibility index (Phi) is 3.32. The number of cyclic esters (lactones) is 1. The second-order valence-electron chi connectivity index (χ2n) is 6.56. The van der Waals surface area contributed by atoms with Crippen LogP contribution < -0.4 is 0 Å². The van der Waals surface area contributed by atoms with E-state index in [4.69, 9.17) is 9.47 Å². The van der Waals surface area contributed by atoms with Gasteiger partial charge in [-0.3, -0.25) is 9.59 Å². The molecule has 1 saturated heterocycles. The summed E-state index contributed by atoms with van der Waals surface area (Å²) in [6.07, 6.45) is 0.0266. The molecule has 1 saturated carbocycles. The van der Waals surface area contributed by atoms with Crippen LogP contribution in [-0.4, -0.2) is 25.5 Å². The number of benzene rings is 2. The van der Waals surface area contributed by atoms with Crippen molar-refractivity contribution in [3.63, 3.8) is 0 Å². The summed E-state index contributed by atoms with van der Waals surface area (Å²) in [7, 11) is 1.59. The lowest BCUT2D eigenvalue weighted by atomic mass is 9.83. The van der Waals surface area contributed by atoms with Crippen LogP contribution in [0.2, 0.25) is 0 Å². The van der Waals surface area contributed by atoms with E-state index in [9.17, 15) is 9.59 Å². The topological polar surface area (TPSA) is 52.6 Å². The molecule has 0 spiro atoms. The van der Waals surface area contributed by atoms with Gasteiger partial charge >= 0.3 is 5.97 Å². The number of ether oxygens (including phenoxy) is 2. The van der Waals surface area contributed by atoms with Gasteiger partial charge in [0.2, 0.25) is 0 Å².